The van der Waals surface area contributed by atoms with Gasteiger partial charge in [0, 0.05) is 29.6 Å². The summed E-state index contributed by atoms with van der Waals surface area (Å²) < 4.78 is 1.60. The number of carbonyl (C=O) groups excluding carboxylic acids is 1. The molecule has 2 N–H and O–H groups in total. The van der Waals surface area contributed by atoms with Crippen molar-refractivity contribution in [2.24, 2.45) is 0 Å². The summed E-state index contributed by atoms with van der Waals surface area (Å²) in [5, 5.41) is 13.9. The number of amides is 1. The SMILES string of the molecule is CC(C(=O)Nc1cc(C(C)(C)C)[nH]n1)n1cccn1. The number of nitrogens with one attached hydrogen (secondary N) is 2. The van der Waals surface area contributed by atoms with Gasteiger partial charge in [0.15, 0.2) is 5.82 Å². The van der Waals surface area contributed by atoms with Crippen LogP contribution in [0.1, 0.15) is 39.4 Å². The van der Waals surface area contributed by atoms with Gasteiger partial charge < -0.3 is 5.32 Å². The summed E-state index contributed by atoms with van der Waals surface area (Å²) in [5.41, 5.74) is 0.957. The van der Waals surface area contributed by atoms with Crippen molar-refractivity contribution in [3.63, 3.8) is 0 Å². The molecule has 6 heteroatoms. The molecule has 6 nitrogen and oxygen atoms in total. The minimum absolute atomic E-state index is 0.0242. The van der Waals surface area contributed by atoms with Gasteiger partial charge >= 0.3 is 0 Å². The third kappa shape index (κ3) is 3.01. The van der Waals surface area contributed by atoms with Gasteiger partial charge in [-0.05, 0) is 13.0 Å². The van der Waals surface area contributed by atoms with Gasteiger partial charge in [0.2, 0.25) is 5.91 Å². The Kier molecular flexibility index (Phi) is 3.42. The monoisotopic (exact) mass is 261 g/mol. The Labute approximate surface area is 112 Å². The predicted molar refractivity (Wildman–Crippen MR) is 72.9 cm³/mol. The number of aromatic nitrogens is 4. The van der Waals surface area contributed by atoms with Crippen LogP contribution >= 0.6 is 0 Å². The van der Waals surface area contributed by atoms with Crippen LogP contribution in [0.5, 0.6) is 0 Å². The summed E-state index contributed by atoms with van der Waals surface area (Å²) in [6, 6.07) is 3.27. The molecule has 0 bridgehead atoms. The molecule has 0 aromatic carbocycles. The average Bonchev–Trinajstić information content (AvgIpc) is 2.97. The molecule has 0 saturated heterocycles. The fourth-order valence-electron chi connectivity index (χ4n) is 1.63. The standard InChI is InChI=1S/C13H19N5O/c1-9(18-7-5-6-14-18)12(19)15-11-8-10(16-17-11)13(2,3)4/h5-9H,1-4H3,(H2,15,16,17,19). The number of nitrogens with zero attached hydrogens (tertiary/aromatic N) is 3. The van der Waals surface area contributed by atoms with Gasteiger partial charge in [0.25, 0.3) is 0 Å². The van der Waals surface area contributed by atoms with Crippen LogP contribution in [0, 0.1) is 0 Å². The van der Waals surface area contributed by atoms with Crippen LogP contribution in [0.4, 0.5) is 5.82 Å². The lowest BCUT2D eigenvalue weighted by molar-refractivity contribution is -0.119. The summed E-state index contributed by atoms with van der Waals surface area (Å²) in [6.07, 6.45) is 3.41. The lowest BCUT2D eigenvalue weighted by atomic mass is 9.92. The van der Waals surface area contributed by atoms with E-state index in [9.17, 15) is 4.79 Å². The minimum Gasteiger partial charge on any atom is -0.307 e. The first-order valence-electron chi connectivity index (χ1n) is 6.24. The van der Waals surface area contributed by atoms with Crippen molar-refractivity contribution >= 4 is 11.7 Å². The van der Waals surface area contributed by atoms with Crippen molar-refractivity contribution in [1.29, 1.82) is 0 Å². The molecule has 0 spiro atoms. The third-order valence-corrected chi connectivity index (χ3v) is 2.94. The van der Waals surface area contributed by atoms with Gasteiger partial charge in [0.05, 0.1) is 0 Å². The van der Waals surface area contributed by atoms with Gasteiger partial charge in [-0.3, -0.25) is 14.6 Å². The molecule has 1 atom stereocenters. The molecule has 2 aromatic heterocycles. The first kappa shape index (κ1) is 13.3. The van der Waals surface area contributed by atoms with E-state index < -0.39 is 0 Å². The first-order chi connectivity index (χ1) is 8.88. The topological polar surface area (TPSA) is 75.6 Å². The van der Waals surface area contributed by atoms with Gasteiger partial charge in [-0.15, -0.1) is 0 Å². The van der Waals surface area contributed by atoms with Crippen LogP contribution in [-0.2, 0) is 10.2 Å². The Morgan fingerprint density at radius 2 is 2.21 bits per heavy atom. The van der Waals surface area contributed by atoms with E-state index >= 15 is 0 Å². The van der Waals surface area contributed by atoms with E-state index in [0.717, 1.165) is 5.69 Å². The van der Waals surface area contributed by atoms with Crippen LogP contribution in [0.25, 0.3) is 0 Å². The molecule has 0 radical (unpaired) electrons. The van der Waals surface area contributed by atoms with Crippen molar-refractivity contribution in [3.8, 4) is 0 Å². The van der Waals surface area contributed by atoms with Crippen LogP contribution in [0.3, 0.4) is 0 Å². The maximum Gasteiger partial charge on any atom is 0.250 e. The average molecular weight is 261 g/mol. The van der Waals surface area contributed by atoms with Crippen LogP contribution < -0.4 is 5.32 Å². The smallest absolute Gasteiger partial charge is 0.250 e. The second-order valence-corrected chi connectivity index (χ2v) is 5.57. The molecule has 0 aliphatic carbocycles. The largest absolute Gasteiger partial charge is 0.307 e. The fraction of sp³-hybridized carbons (Fsp3) is 0.462. The molecule has 0 saturated carbocycles. The third-order valence-electron chi connectivity index (χ3n) is 2.94. The zero-order valence-electron chi connectivity index (χ0n) is 11.6. The summed E-state index contributed by atoms with van der Waals surface area (Å²) >= 11 is 0. The number of hydrogen-bond acceptors (Lipinski definition) is 3. The first-order valence-corrected chi connectivity index (χ1v) is 6.24. The number of rotatable bonds is 3. The highest BCUT2D eigenvalue weighted by Gasteiger charge is 2.19. The molecule has 1 amide bonds. The lowest BCUT2D eigenvalue weighted by Gasteiger charge is -2.14. The molecule has 0 aliphatic rings. The van der Waals surface area contributed by atoms with E-state index in [1.54, 1.807) is 30.1 Å². The molecule has 102 valence electrons. The van der Waals surface area contributed by atoms with Gasteiger partial charge in [-0.25, -0.2) is 0 Å². The molecular formula is C13H19N5O. The van der Waals surface area contributed by atoms with Crippen molar-refractivity contribution in [2.45, 2.75) is 39.2 Å². The maximum atomic E-state index is 12.0. The number of H-pyrrole nitrogens is 1. The molecule has 19 heavy (non-hydrogen) atoms. The number of hydrogen-bond donors (Lipinski definition) is 2. The maximum absolute atomic E-state index is 12.0. The van der Waals surface area contributed by atoms with Gasteiger partial charge in [-0.1, -0.05) is 20.8 Å². The summed E-state index contributed by atoms with van der Waals surface area (Å²) in [7, 11) is 0. The van der Waals surface area contributed by atoms with Crippen LogP contribution in [-0.4, -0.2) is 25.9 Å². The van der Waals surface area contributed by atoms with Crippen molar-refractivity contribution in [2.75, 3.05) is 5.32 Å². The molecular weight excluding hydrogens is 242 g/mol. The molecule has 1 unspecified atom stereocenters. The summed E-state index contributed by atoms with van der Waals surface area (Å²) in [4.78, 5) is 12.0. The zero-order valence-corrected chi connectivity index (χ0v) is 11.6. The minimum atomic E-state index is -0.371. The predicted octanol–water partition coefficient (Wildman–Crippen LogP) is 2.10. The van der Waals surface area contributed by atoms with E-state index in [2.05, 4.69) is 41.4 Å². The number of carbonyl (C=O) groups is 1. The van der Waals surface area contributed by atoms with Crippen LogP contribution in [0.2, 0.25) is 0 Å². The van der Waals surface area contributed by atoms with E-state index in [1.165, 1.54) is 0 Å². The highest BCUT2D eigenvalue weighted by molar-refractivity contribution is 5.92. The van der Waals surface area contributed by atoms with E-state index in [1.807, 2.05) is 6.07 Å². The number of anilines is 1. The van der Waals surface area contributed by atoms with E-state index in [-0.39, 0.29) is 17.4 Å². The van der Waals surface area contributed by atoms with Crippen LogP contribution in [0.15, 0.2) is 24.5 Å². The Bertz CT molecular complexity index is 550. The van der Waals surface area contributed by atoms with E-state index in [0.29, 0.717) is 5.82 Å². The van der Waals surface area contributed by atoms with Crippen molar-refractivity contribution < 1.29 is 4.79 Å². The fourth-order valence-corrected chi connectivity index (χ4v) is 1.63. The number of aromatic amines is 1. The Morgan fingerprint density at radius 1 is 1.47 bits per heavy atom. The molecule has 2 rings (SSSR count). The zero-order chi connectivity index (χ0) is 14.0. The van der Waals surface area contributed by atoms with Gasteiger partial charge in [-0.2, -0.15) is 10.2 Å². The Balaban J connectivity index is 2.05. The normalized spacial score (nSPS) is 13.3. The molecule has 0 aliphatic heterocycles. The Hall–Kier alpha value is -2.11. The summed E-state index contributed by atoms with van der Waals surface area (Å²) in [6.45, 7) is 8.04. The lowest BCUT2D eigenvalue weighted by Crippen LogP contribution is -2.24. The highest BCUT2D eigenvalue weighted by atomic mass is 16.2. The highest BCUT2D eigenvalue weighted by Crippen LogP contribution is 2.22. The van der Waals surface area contributed by atoms with E-state index in [4.69, 9.17) is 0 Å². The second kappa shape index (κ2) is 4.87. The molecule has 2 heterocycles. The quantitative estimate of drug-likeness (QED) is 0.888. The van der Waals surface area contributed by atoms with Crippen molar-refractivity contribution in [1.82, 2.24) is 20.0 Å². The van der Waals surface area contributed by atoms with Crippen molar-refractivity contribution in [3.05, 3.63) is 30.2 Å². The second-order valence-electron chi connectivity index (χ2n) is 5.57. The molecule has 2 aromatic rings. The summed E-state index contributed by atoms with van der Waals surface area (Å²) in [5.74, 6) is 0.393. The van der Waals surface area contributed by atoms with Gasteiger partial charge in [0.1, 0.15) is 6.04 Å². The molecule has 0 fully saturated rings. The Morgan fingerprint density at radius 3 is 2.74 bits per heavy atom.